The number of rotatable bonds is 4. The SMILES string of the molecule is CN(C)C(=O)C1(CNC(=O)C2CNC2)CCCC1.Cl. The Kier molecular flexibility index (Phi) is 5.62. The van der Waals surface area contributed by atoms with E-state index in [1.807, 2.05) is 0 Å². The fourth-order valence-corrected chi connectivity index (χ4v) is 2.87. The summed E-state index contributed by atoms with van der Waals surface area (Å²) in [5, 5.41) is 6.06. The molecule has 1 heterocycles. The molecule has 2 amide bonds. The van der Waals surface area contributed by atoms with Gasteiger partial charge in [-0.15, -0.1) is 12.4 Å². The van der Waals surface area contributed by atoms with Gasteiger partial charge in [0.05, 0.1) is 11.3 Å². The molecule has 1 saturated carbocycles. The van der Waals surface area contributed by atoms with Crippen LogP contribution in [0.25, 0.3) is 0 Å². The van der Waals surface area contributed by atoms with Crippen LogP contribution in [0.15, 0.2) is 0 Å². The molecule has 110 valence electrons. The van der Waals surface area contributed by atoms with Crippen molar-refractivity contribution in [1.82, 2.24) is 15.5 Å². The van der Waals surface area contributed by atoms with Crippen LogP contribution in [-0.2, 0) is 9.59 Å². The lowest BCUT2D eigenvalue weighted by atomic mass is 9.84. The largest absolute Gasteiger partial charge is 0.355 e. The number of nitrogens with zero attached hydrogens (tertiary/aromatic N) is 1. The van der Waals surface area contributed by atoms with Gasteiger partial charge in [-0.1, -0.05) is 12.8 Å². The minimum absolute atomic E-state index is 0. The average Bonchev–Trinajstić information content (AvgIpc) is 2.72. The number of hydrogen-bond acceptors (Lipinski definition) is 3. The lowest BCUT2D eigenvalue weighted by Crippen LogP contribution is -2.53. The molecule has 2 aliphatic rings. The highest BCUT2D eigenvalue weighted by Gasteiger charge is 2.42. The van der Waals surface area contributed by atoms with Crippen LogP contribution in [0.4, 0.5) is 0 Å². The van der Waals surface area contributed by atoms with E-state index in [0.717, 1.165) is 38.8 Å². The van der Waals surface area contributed by atoms with Gasteiger partial charge in [-0.3, -0.25) is 9.59 Å². The maximum absolute atomic E-state index is 12.3. The second-order valence-electron chi connectivity index (χ2n) is 5.76. The molecule has 0 aromatic rings. The average molecular weight is 290 g/mol. The monoisotopic (exact) mass is 289 g/mol. The van der Waals surface area contributed by atoms with Gasteiger partial charge in [-0.2, -0.15) is 0 Å². The van der Waals surface area contributed by atoms with Crippen molar-refractivity contribution >= 4 is 24.2 Å². The lowest BCUT2D eigenvalue weighted by molar-refractivity contribution is -0.139. The van der Waals surface area contributed by atoms with E-state index < -0.39 is 0 Å². The summed E-state index contributed by atoms with van der Waals surface area (Å²) in [6.45, 7) is 2.03. The second-order valence-corrected chi connectivity index (χ2v) is 5.76. The number of carbonyl (C=O) groups excluding carboxylic acids is 2. The van der Waals surface area contributed by atoms with E-state index in [2.05, 4.69) is 10.6 Å². The van der Waals surface area contributed by atoms with E-state index in [1.165, 1.54) is 0 Å². The molecule has 2 N–H and O–H groups in total. The summed E-state index contributed by atoms with van der Waals surface area (Å²) in [4.78, 5) is 25.8. The third-order valence-electron chi connectivity index (χ3n) is 4.17. The van der Waals surface area contributed by atoms with Gasteiger partial charge in [0.25, 0.3) is 0 Å². The van der Waals surface area contributed by atoms with Crippen molar-refractivity contribution in [3.05, 3.63) is 0 Å². The summed E-state index contributed by atoms with van der Waals surface area (Å²) in [5.74, 6) is 0.344. The van der Waals surface area contributed by atoms with Crippen molar-refractivity contribution in [3.63, 3.8) is 0 Å². The molecule has 0 unspecified atom stereocenters. The molecule has 0 spiro atoms. The molecule has 0 aromatic carbocycles. The minimum atomic E-state index is -0.351. The first-order valence-corrected chi connectivity index (χ1v) is 6.75. The number of nitrogens with one attached hydrogen (secondary N) is 2. The predicted molar refractivity (Wildman–Crippen MR) is 76.2 cm³/mol. The van der Waals surface area contributed by atoms with E-state index in [0.29, 0.717) is 6.54 Å². The summed E-state index contributed by atoms with van der Waals surface area (Å²) in [7, 11) is 3.58. The van der Waals surface area contributed by atoms with Crippen LogP contribution in [0.5, 0.6) is 0 Å². The molecule has 1 aliphatic heterocycles. The molecule has 0 radical (unpaired) electrons. The summed E-state index contributed by atoms with van der Waals surface area (Å²) in [5.41, 5.74) is -0.351. The second kappa shape index (κ2) is 6.57. The van der Waals surface area contributed by atoms with Crippen molar-refractivity contribution in [2.45, 2.75) is 25.7 Å². The summed E-state index contributed by atoms with van der Waals surface area (Å²) in [6, 6.07) is 0. The van der Waals surface area contributed by atoms with E-state index in [-0.39, 0.29) is 35.6 Å². The smallest absolute Gasteiger partial charge is 0.230 e. The molecular weight excluding hydrogens is 266 g/mol. The van der Waals surface area contributed by atoms with Gasteiger partial charge >= 0.3 is 0 Å². The normalized spacial score (nSPS) is 21.2. The Balaban J connectivity index is 0.00000180. The molecule has 1 saturated heterocycles. The van der Waals surface area contributed by atoms with Crippen LogP contribution >= 0.6 is 12.4 Å². The minimum Gasteiger partial charge on any atom is -0.355 e. The third-order valence-corrected chi connectivity index (χ3v) is 4.17. The fourth-order valence-electron chi connectivity index (χ4n) is 2.87. The lowest BCUT2D eigenvalue weighted by Gasteiger charge is -2.32. The Morgan fingerprint density at radius 1 is 1.26 bits per heavy atom. The van der Waals surface area contributed by atoms with E-state index in [1.54, 1.807) is 19.0 Å². The van der Waals surface area contributed by atoms with Gasteiger partial charge in [0, 0.05) is 33.7 Å². The molecule has 5 nitrogen and oxygen atoms in total. The van der Waals surface area contributed by atoms with Crippen molar-refractivity contribution in [1.29, 1.82) is 0 Å². The van der Waals surface area contributed by atoms with Gasteiger partial charge in [-0.05, 0) is 12.8 Å². The maximum Gasteiger partial charge on any atom is 0.230 e. The van der Waals surface area contributed by atoms with Crippen LogP contribution in [0.2, 0.25) is 0 Å². The Hall–Kier alpha value is -0.810. The molecule has 0 bridgehead atoms. The molecule has 6 heteroatoms. The first kappa shape index (κ1) is 16.2. The Morgan fingerprint density at radius 3 is 2.26 bits per heavy atom. The fraction of sp³-hybridized carbons (Fsp3) is 0.846. The van der Waals surface area contributed by atoms with Gasteiger partial charge in [0.1, 0.15) is 0 Å². The summed E-state index contributed by atoms with van der Waals surface area (Å²) in [6.07, 6.45) is 3.96. The zero-order chi connectivity index (χ0) is 13.2. The first-order valence-electron chi connectivity index (χ1n) is 6.75. The molecule has 0 aromatic heterocycles. The topological polar surface area (TPSA) is 61.4 Å². The number of hydrogen-bond donors (Lipinski definition) is 2. The zero-order valence-electron chi connectivity index (χ0n) is 11.7. The van der Waals surface area contributed by atoms with Gasteiger partial charge in [0.15, 0.2) is 0 Å². The molecule has 2 fully saturated rings. The Morgan fingerprint density at radius 2 is 1.84 bits per heavy atom. The van der Waals surface area contributed by atoms with Crippen LogP contribution in [0, 0.1) is 11.3 Å². The molecule has 0 atom stereocenters. The van der Waals surface area contributed by atoms with Crippen LogP contribution in [0.1, 0.15) is 25.7 Å². The van der Waals surface area contributed by atoms with E-state index in [9.17, 15) is 9.59 Å². The molecule has 1 aliphatic carbocycles. The van der Waals surface area contributed by atoms with Crippen molar-refractivity contribution in [3.8, 4) is 0 Å². The van der Waals surface area contributed by atoms with E-state index >= 15 is 0 Å². The highest BCUT2D eigenvalue weighted by atomic mass is 35.5. The van der Waals surface area contributed by atoms with Gasteiger partial charge < -0.3 is 15.5 Å². The van der Waals surface area contributed by atoms with Gasteiger partial charge in [0.2, 0.25) is 11.8 Å². The van der Waals surface area contributed by atoms with Crippen molar-refractivity contribution < 1.29 is 9.59 Å². The highest BCUT2D eigenvalue weighted by Crippen LogP contribution is 2.38. The Labute approximate surface area is 120 Å². The van der Waals surface area contributed by atoms with Crippen molar-refractivity contribution in [2.75, 3.05) is 33.7 Å². The van der Waals surface area contributed by atoms with E-state index in [4.69, 9.17) is 0 Å². The standard InChI is InChI=1S/C13H23N3O2.ClH/c1-16(2)12(18)13(5-3-4-6-13)9-15-11(17)10-7-14-8-10;/h10,14H,3-9H2,1-2H3,(H,15,17);1H. The number of carbonyl (C=O) groups is 2. The molecular formula is C13H24ClN3O2. The van der Waals surface area contributed by atoms with Crippen LogP contribution in [-0.4, -0.2) is 50.4 Å². The third kappa shape index (κ3) is 3.39. The van der Waals surface area contributed by atoms with Crippen molar-refractivity contribution in [2.24, 2.45) is 11.3 Å². The van der Waals surface area contributed by atoms with Crippen LogP contribution in [0.3, 0.4) is 0 Å². The summed E-state index contributed by atoms with van der Waals surface area (Å²) < 4.78 is 0. The predicted octanol–water partition coefficient (Wildman–Crippen LogP) is 0.392. The highest BCUT2D eigenvalue weighted by molar-refractivity contribution is 5.85. The van der Waals surface area contributed by atoms with Crippen LogP contribution < -0.4 is 10.6 Å². The van der Waals surface area contributed by atoms with Gasteiger partial charge in [-0.25, -0.2) is 0 Å². The first-order chi connectivity index (χ1) is 8.55. The maximum atomic E-state index is 12.3. The number of halogens is 1. The number of amides is 2. The Bertz CT molecular complexity index is 337. The zero-order valence-corrected chi connectivity index (χ0v) is 12.5. The molecule has 2 rings (SSSR count). The quantitative estimate of drug-likeness (QED) is 0.787. The summed E-state index contributed by atoms with van der Waals surface area (Å²) >= 11 is 0. The molecule has 19 heavy (non-hydrogen) atoms.